The number of carbonyl (C=O) groups is 2. The number of pyridine rings is 1. The maximum Gasteiger partial charge on any atom is 0.252 e. The van der Waals surface area contributed by atoms with Gasteiger partial charge in [0.25, 0.3) is 5.91 Å². The molecule has 0 aliphatic carbocycles. The average Bonchev–Trinajstić information content (AvgIpc) is 3.42. The molecule has 9 heteroatoms. The molecule has 1 aliphatic rings. The van der Waals surface area contributed by atoms with Crippen molar-refractivity contribution in [1.82, 2.24) is 9.88 Å². The first-order valence-electron chi connectivity index (χ1n) is 12.7. The standard InChI is InChI=1S/C29H32N6O2S/c1-34(2)29(37)20-10-13-35(14-11-20)23-8-6-22(7-9-23)33-26-16-25(24(18-32-26)28(30)36)31-17-21-5-3-4-19-12-15-38-27(19)21/h3-9,12,15-16,18,20H,10-11,13-14,17H2,1-2H3,(H2,30,36)(H2,31,32,33). The van der Waals surface area contributed by atoms with Gasteiger partial charge in [-0.25, -0.2) is 4.98 Å². The van der Waals surface area contributed by atoms with Crippen molar-refractivity contribution in [2.75, 3.05) is 42.7 Å². The van der Waals surface area contributed by atoms with E-state index in [2.05, 4.69) is 56.2 Å². The van der Waals surface area contributed by atoms with E-state index in [9.17, 15) is 9.59 Å². The number of nitrogens with two attached hydrogens (primary N) is 1. The number of hydrogen-bond donors (Lipinski definition) is 3. The zero-order chi connectivity index (χ0) is 26.6. The molecular weight excluding hydrogens is 496 g/mol. The first-order chi connectivity index (χ1) is 18.4. The largest absolute Gasteiger partial charge is 0.380 e. The van der Waals surface area contributed by atoms with Gasteiger partial charge in [-0.05, 0) is 59.5 Å². The lowest BCUT2D eigenvalue weighted by Crippen LogP contribution is -2.40. The highest BCUT2D eigenvalue weighted by molar-refractivity contribution is 7.17. The van der Waals surface area contributed by atoms with E-state index in [1.807, 2.05) is 38.4 Å². The van der Waals surface area contributed by atoms with Crippen molar-refractivity contribution in [2.24, 2.45) is 11.7 Å². The Kier molecular flexibility index (Phi) is 7.46. The van der Waals surface area contributed by atoms with Gasteiger partial charge in [0.2, 0.25) is 5.91 Å². The quantitative estimate of drug-likeness (QED) is 0.296. The summed E-state index contributed by atoms with van der Waals surface area (Å²) in [5, 5.41) is 10.00. The SMILES string of the molecule is CN(C)C(=O)C1CCN(c2ccc(Nc3cc(NCc4cccc5ccsc45)c(C(N)=O)cn3)cc2)CC1. The van der Waals surface area contributed by atoms with Crippen molar-refractivity contribution in [1.29, 1.82) is 0 Å². The number of nitrogens with zero attached hydrogens (tertiary/aromatic N) is 3. The van der Waals surface area contributed by atoms with E-state index in [1.54, 1.807) is 16.2 Å². The number of hydrogen-bond acceptors (Lipinski definition) is 7. The number of fused-ring (bicyclic) bond motifs is 1. The molecule has 5 rings (SSSR count). The minimum absolute atomic E-state index is 0.109. The molecule has 2 amide bonds. The molecule has 196 valence electrons. The Hall–Kier alpha value is -4.11. The number of piperidine rings is 1. The molecule has 3 heterocycles. The van der Waals surface area contributed by atoms with E-state index >= 15 is 0 Å². The molecular formula is C29H32N6O2S. The third-order valence-corrected chi connectivity index (χ3v) is 7.99. The van der Waals surface area contributed by atoms with Crippen molar-refractivity contribution in [2.45, 2.75) is 19.4 Å². The second-order valence-corrected chi connectivity index (χ2v) is 10.7. The summed E-state index contributed by atoms with van der Waals surface area (Å²) in [5.74, 6) is 0.415. The van der Waals surface area contributed by atoms with Crippen molar-refractivity contribution in [3.8, 4) is 0 Å². The van der Waals surface area contributed by atoms with Crippen LogP contribution in [-0.2, 0) is 11.3 Å². The van der Waals surface area contributed by atoms with Crippen LogP contribution < -0.4 is 21.3 Å². The van der Waals surface area contributed by atoms with E-state index in [0.29, 0.717) is 23.6 Å². The number of carbonyl (C=O) groups excluding carboxylic acids is 2. The van der Waals surface area contributed by atoms with Gasteiger partial charge in [0, 0.05) is 68.0 Å². The Morgan fingerprint density at radius 2 is 1.87 bits per heavy atom. The Morgan fingerprint density at radius 3 is 2.58 bits per heavy atom. The summed E-state index contributed by atoms with van der Waals surface area (Å²) in [6.45, 7) is 2.29. The summed E-state index contributed by atoms with van der Waals surface area (Å²) >= 11 is 1.70. The minimum atomic E-state index is -0.527. The molecule has 0 atom stereocenters. The lowest BCUT2D eigenvalue weighted by atomic mass is 9.95. The highest BCUT2D eigenvalue weighted by Gasteiger charge is 2.26. The second kappa shape index (κ2) is 11.1. The van der Waals surface area contributed by atoms with Gasteiger partial charge in [0.15, 0.2) is 0 Å². The van der Waals surface area contributed by atoms with Crippen LogP contribution in [-0.4, -0.2) is 48.9 Å². The number of amides is 2. The number of primary amides is 1. The van der Waals surface area contributed by atoms with Gasteiger partial charge in [-0.1, -0.05) is 18.2 Å². The first-order valence-corrected chi connectivity index (χ1v) is 13.6. The summed E-state index contributed by atoms with van der Waals surface area (Å²) in [5.41, 5.74) is 9.79. The fourth-order valence-corrected chi connectivity index (χ4v) is 5.82. The maximum absolute atomic E-state index is 12.3. The molecule has 0 unspecified atom stereocenters. The van der Waals surface area contributed by atoms with Crippen LogP contribution in [0.3, 0.4) is 0 Å². The molecule has 0 bridgehead atoms. The fraction of sp³-hybridized carbons (Fsp3) is 0.276. The molecule has 1 aliphatic heterocycles. The number of benzene rings is 2. The number of anilines is 4. The van der Waals surface area contributed by atoms with E-state index in [4.69, 9.17) is 5.73 Å². The Balaban J connectivity index is 1.25. The van der Waals surface area contributed by atoms with Crippen LogP contribution in [0.15, 0.2) is 66.2 Å². The maximum atomic E-state index is 12.3. The number of aromatic nitrogens is 1. The van der Waals surface area contributed by atoms with Gasteiger partial charge in [-0.2, -0.15) is 0 Å². The zero-order valence-corrected chi connectivity index (χ0v) is 22.4. The molecule has 0 saturated carbocycles. The fourth-order valence-electron chi connectivity index (χ4n) is 4.90. The summed E-state index contributed by atoms with van der Waals surface area (Å²) in [6.07, 6.45) is 3.24. The molecule has 4 N–H and O–H groups in total. The summed E-state index contributed by atoms with van der Waals surface area (Å²) < 4.78 is 1.22. The molecule has 0 radical (unpaired) electrons. The lowest BCUT2D eigenvalue weighted by molar-refractivity contribution is -0.133. The van der Waals surface area contributed by atoms with E-state index in [-0.39, 0.29) is 11.8 Å². The zero-order valence-electron chi connectivity index (χ0n) is 21.6. The molecule has 1 fully saturated rings. The topological polar surface area (TPSA) is 104 Å². The van der Waals surface area contributed by atoms with E-state index in [1.165, 1.54) is 16.3 Å². The molecule has 0 spiro atoms. The predicted octanol–water partition coefficient (Wildman–Crippen LogP) is 5.06. The molecule has 1 saturated heterocycles. The van der Waals surface area contributed by atoms with Gasteiger partial charge in [0.05, 0.1) is 11.3 Å². The van der Waals surface area contributed by atoms with E-state index < -0.39 is 5.91 Å². The predicted molar refractivity (Wildman–Crippen MR) is 155 cm³/mol. The monoisotopic (exact) mass is 528 g/mol. The van der Waals surface area contributed by atoms with Crippen LogP contribution in [0.4, 0.5) is 22.9 Å². The number of thiophene rings is 1. The third kappa shape index (κ3) is 5.57. The summed E-state index contributed by atoms with van der Waals surface area (Å²) in [6, 6.07) is 18.3. The summed E-state index contributed by atoms with van der Waals surface area (Å²) in [7, 11) is 3.64. The van der Waals surface area contributed by atoms with Crippen LogP contribution in [0.25, 0.3) is 10.1 Å². The Morgan fingerprint density at radius 1 is 1.11 bits per heavy atom. The number of nitrogens with one attached hydrogen (secondary N) is 2. The smallest absolute Gasteiger partial charge is 0.252 e. The molecule has 2 aromatic heterocycles. The van der Waals surface area contributed by atoms with Crippen LogP contribution >= 0.6 is 11.3 Å². The van der Waals surface area contributed by atoms with Crippen molar-refractivity contribution >= 4 is 56.1 Å². The Bertz CT molecular complexity index is 1440. The van der Waals surface area contributed by atoms with Crippen LogP contribution in [0, 0.1) is 5.92 Å². The van der Waals surface area contributed by atoms with Crippen LogP contribution in [0.1, 0.15) is 28.8 Å². The minimum Gasteiger partial charge on any atom is -0.380 e. The van der Waals surface area contributed by atoms with Crippen molar-refractivity contribution in [3.63, 3.8) is 0 Å². The van der Waals surface area contributed by atoms with Crippen molar-refractivity contribution in [3.05, 3.63) is 77.3 Å². The Labute approximate surface area is 226 Å². The van der Waals surface area contributed by atoms with Crippen LogP contribution in [0.5, 0.6) is 0 Å². The highest BCUT2D eigenvalue weighted by atomic mass is 32.1. The molecule has 8 nitrogen and oxygen atoms in total. The van der Waals surface area contributed by atoms with Gasteiger partial charge in [0.1, 0.15) is 5.82 Å². The molecule has 4 aromatic rings. The summed E-state index contributed by atoms with van der Waals surface area (Å²) in [4.78, 5) is 32.7. The van der Waals surface area contributed by atoms with Gasteiger partial charge in [-0.15, -0.1) is 11.3 Å². The number of rotatable bonds is 8. The van der Waals surface area contributed by atoms with Gasteiger partial charge < -0.3 is 26.2 Å². The average molecular weight is 529 g/mol. The van der Waals surface area contributed by atoms with Crippen LogP contribution in [0.2, 0.25) is 0 Å². The molecule has 38 heavy (non-hydrogen) atoms. The first kappa shape index (κ1) is 25.5. The normalized spacial score (nSPS) is 13.9. The van der Waals surface area contributed by atoms with E-state index in [0.717, 1.165) is 42.9 Å². The highest BCUT2D eigenvalue weighted by Crippen LogP contribution is 2.29. The molecule has 2 aromatic carbocycles. The lowest BCUT2D eigenvalue weighted by Gasteiger charge is -2.34. The second-order valence-electron chi connectivity index (χ2n) is 9.75. The van der Waals surface area contributed by atoms with Gasteiger partial charge in [-0.3, -0.25) is 9.59 Å². The van der Waals surface area contributed by atoms with Gasteiger partial charge >= 0.3 is 0 Å². The van der Waals surface area contributed by atoms with Crippen molar-refractivity contribution < 1.29 is 9.59 Å². The third-order valence-electron chi connectivity index (χ3n) is 6.99.